The summed E-state index contributed by atoms with van der Waals surface area (Å²) < 4.78 is 14.4. The third kappa shape index (κ3) is 6.61. The summed E-state index contributed by atoms with van der Waals surface area (Å²) >= 11 is 0. The van der Waals surface area contributed by atoms with Gasteiger partial charge in [-0.05, 0) is 30.2 Å². The van der Waals surface area contributed by atoms with Gasteiger partial charge >= 0.3 is 0 Å². The Bertz CT molecular complexity index is 670. The topological polar surface area (TPSA) is 99.3 Å². The molecule has 0 bridgehead atoms. The molecule has 0 saturated heterocycles. The van der Waals surface area contributed by atoms with Crippen LogP contribution in [0.1, 0.15) is 30.9 Å². The molecular weight excluding hydrogens is 363 g/mol. The molecule has 2 rings (SSSR count). The maximum atomic E-state index is 14.4. The Balaban J connectivity index is 0.00000338. The number of rotatable bonds is 7. The Morgan fingerprint density at radius 2 is 1.81 bits per heavy atom. The van der Waals surface area contributed by atoms with Crippen LogP contribution in [0.3, 0.4) is 0 Å². The van der Waals surface area contributed by atoms with Crippen molar-refractivity contribution in [3.63, 3.8) is 0 Å². The molecular formula is C17H24ClFN4O3. The Hall–Kier alpha value is -2.19. The minimum Gasteiger partial charge on any atom is -0.355 e. The highest BCUT2D eigenvalue weighted by Crippen LogP contribution is 2.24. The first kappa shape index (κ1) is 21.9. The van der Waals surface area contributed by atoms with Gasteiger partial charge in [0.1, 0.15) is 5.82 Å². The predicted octanol–water partition coefficient (Wildman–Crippen LogP) is 0.864. The van der Waals surface area contributed by atoms with Crippen molar-refractivity contribution in [2.45, 2.75) is 32.7 Å². The van der Waals surface area contributed by atoms with Crippen LogP contribution in [0.5, 0.6) is 0 Å². The van der Waals surface area contributed by atoms with E-state index in [-0.39, 0.29) is 42.8 Å². The van der Waals surface area contributed by atoms with Crippen molar-refractivity contribution in [2.24, 2.45) is 0 Å². The second-order valence-corrected chi connectivity index (χ2v) is 5.87. The highest BCUT2D eigenvalue weighted by molar-refractivity contribution is 5.93. The molecule has 0 unspecified atom stereocenters. The Morgan fingerprint density at radius 1 is 1.12 bits per heavy atom. The molecule has 0 radical (unpaired) electrons. The number of anilines is 1. The second kappa shape index (κ2) is 10.7. The number of benzene rings is 1. The van der Waals surface area contributed by atoms with Crippen molar-refractivity contribution >= 4 is 35.8 Å². The number of carbonyl (C=O) groups is 3. The molecule has 1 aliphatic rings. The fourth-order valence-corrected chi connectivity index (χ4v) is 2.60. The molecule has 0 fully saturated rings. The number of amides is 3. The molecule has 144 valence electrons. The lowest BCUT2D eigenvalue weighted by atomic mass is 9.99. The number of hydrogen-bond acceptors (Lipinski definition) is 4. The van der Waals surface area contributed by atoms with E-state index in [0.717, 1.165) is 5.56 Å². The van der Waals surface area contributed by atoms with Crippen molar-refractivity contribution in [1.82, 2.24) is 16.0 Å². The van der Waals surface area contributed by atoms with Gasteiger partial charge in [0.2, 0.25) is 17.7 Å². The van der Waals surface area contributed by atoms with Crippen LogP contribution in [-0.2, 0) is 27.3 Å². The lowest BCUT2D eigenvalue weighted by Gasteiger charge is -2.19. The quantitative estimate of drug-likeness (QED) is 0.522. The largest absolute Gasteiger partial charge is 0.355 e. The van der Waals surface area contributed by atoms with Crippen LogP contribution in [0.25, 0.3) is 0 Å². The standard InChI is InChI=1S/C17H23FN4O3.ClH/c1-11(23)20-8-9-21-15(24)4-5-16(25)22-14-3-2-12-10-19-7-6-13(12)17(14)18;/h2-3,19H,4-10H2,1H3,(H,20,23)(H,21,24)(H,22,25);1H. The fraction of sp³-hybridized carbons (Fsp3) is 0.471. The van der Waals surface area contributed by atoms with Crippen LogP contribution in [0, 0.1) is 5.82 Å². The van der Waals surface area contributed by atoms with Crippen LogP contribution < -0.4 is 21.3 Å². The van der Waals surface area contributed by atoms with Gasteiger partial charge in [0.25, 0.3) is 0 Å². The van der Waals surface area contributed by atoms with E-state index in [1.165, 1.54) is 6.92 Å². The second-order valence-electron chi connectivity index (χ2n) is 5.87. The summed E-state index contributed by atoms with van der Waals surface area (Å²) in [4.78, 5) is 34.2. The summed E-state index contributed by atoms with van der Waals surface area (Å²) in [5.74, 6) is -1.27. The molecule has 0 atom stereocenters. The summed E-state index contributed by atoms with van der Waals surface area (Å²) in [7, 11) is 0. The van der Waals surface area contributed by atoms with E-state index in [9.17, 15) is 18.8 Å². The lowest BCUT2D eigenvalue weighted by Crippen LogP contribution is -2.34. The van der Waals surface area contributed by atoms with Crippen molar-refractivity contribution < 1.29 is 18.8 Å². The summed E-state index contributed by atoms with van der Waals surface area (Å²) in [5, 5.41) is 10.8. The first-order valence-electron chi connectivity index (χ1n) is 8.29. The van der Waals surface area contributed by atoms with Gasteiger partial charge in [-0.25, -0.2) is 4.39 Å². The van der Waals surface area contributed by atoms with Crippen molar-refractivity contribution in [3.05, 3.63) is 29.1 Å². The molecule has 1 aromatic carbocycles. The van der Waals surface area contributed by atoms with E-state index in [1.807, 2.05) is 0 Å². The molecule has 9 heteroatoms. The van der Waals surface area contributed by atoms with Crippen LogP contribution in [0.4, 0.5) is 10.1 Å². The number of hydrogen-bond donors (Lipinski definition) is 4. The molecule has 0 spiro atoms. The Morgan fingerprint density at radius 3 is 2.54 bits per heavy atom. The molecule has 4 N–H and O–H groups in total. The average Bonchev–Trinajstić information content (AvgIpc) is 2.59. The molecule has 3 amide bonds. The minimum atomic E-state index is -0.412. The SMILES string of the molecule is CC(=O)NCCNC(=O)CCC(=O)Nc1ccc2c(c1F)CCNC2.Cl. The monoisotopic (exact) mass is 386 g/mol. The van der Waals surface area contributed by atoms with Crippen molar-refractivity contribution in [2.75, 3.05) is 25.0 Å². The predicted molar refractivity (Wildman–Crippen MR) is 98.6 cm³/mol. The number of carbonyl (C=O) groups excluding carboxylic acids is 3. The zero-order valence-corrected chi connectivity index (χ0v) is 15.4. The van der Waals surface area contributed by atoms with E-state index in [4.69, 9.17) is 0 Å². The van der Waals surface area contributed by atoms with E-state index < -0.39 is 11.7 Å². The Kier molecular flexibility index (Phi) is 9.01. The van der Waals surface area contributed by atoms with Gasteiger partial charge in [0.15, 0.2) is 0 Å². The molecule has 0 aliphatic carbocycles. The van der Waals surface area contributed by atoms with Crippen molar-refractivity contribution in [1.29, 1.82) is 0 Å². The van der Waals surface area contributed by atoms with Gasteiger partial charge in [-0.15, -0.1) is 12.4 Å². The maximum absolute atomic E-state index is 14.4. The Labute approximate surface area is 157 Å². The summed E-state index contributed by atoms with van der Waals surface area (Å²) in [6, 6.07) is 3.35. The number of nitrogens with one attached hydrogen (secondary N) is 4. The van der Waals surface area contributed by atoms with Gasteiger partial charge in [-0.3, -0.25) is 14.4 Å². The number of fused-ring (bicyclic) bond motifs is 1. The third-order valence-electron chi connectivity index (χ3n) is 3.88. The molecule has 1 heterocycles. The van der Waals surface area contributed by atoms with Crippen LogP contribution in [0.15, 0.2) is 12.1 Å². The molecule has 7 nitrogen and oxygen atoms in total. The molecule has 0 saturated carbocycles. The van der Waals surface area contributed by atoms with Crippen molar-refractivity contribution in [3.8, 4) is 0 Å². The minimum absolute atomic E-state index is 0. The van der Waals surface area contributed by atoms with Gasteiger partial charge in [0.05, 0.1) is 5.69 Å². The smallest absolute Gasteiger partial charge is 0.224 e. The van der Waals surface area contributed by atoms with Crippen LogP contribution in [0.2, 0.25) is 0 Å². The van der Waals surface area contributed by atoms with E-state index >= 15 is 0 Å². The summed E-state index contributed by atoms with van der Waals surface area (Å²) in [6.45, 7) is 3.36. The fourth-order valence-electron chi connectivity index (χ4n) is 2.60. The van der Waals surface area contributed by atoms with Crippen LogP contribution in [-0.4, -0.2) is 37.4 Å². The summed E-state index contributed by atoms with van der Waals surface area (Å²) in [5.41, 5.74) is 1.68. The van der Waals surface area contributed by atoms with Crippen LogP contribution >= 0.6 is 12.4 Å². The zero-order valence-electron chi connectivity index (χ0n) is 14.6. The highest BCUT2D eigenvalue weighted by Gasteiger charge is 2.17. The number of halogens is 2. The first-order chi connectivity index (χ1) is 12.0. The van der Waals surface area contributed by atoms with E-state index in [0.29, 0.717) is 38.2 Å². The molecule has 1 aliphatic heterocycles. The molecule has 0 aromatic heterocycles. The van der Waals surface area contributed by atoms with E-state index in [1.54, 1.807) is 12.1 Å². The zero-order chi connectivity index (χ0) is 18.2. The van der Waals surface area contributed by atoms with E-state index in [2.05, 4.69) is 21.3 Å². The summed E-state index contributed by atoms with van der Waals surface area (Å²) in [6.07, 6.45) is 0.550. The van der Waals surface area contributed by atoms with Gasteiger partial charge in [0, 0.05) is 39.4 Å². The third-order valence-corrected chi connectivity index (χ3v) is 3.88. The molecule has 1 aromatic rings. The van der Waals surface area contributed by atoms with Gasteiger partial charge in [-0.1, -0.05) is 6.07 Å². The average molecular weight is 387 g/mol. The van der Waals surface area contributed by atoms with Gasteiger partial charge < -0.3 is 21.3 Å². The normalized spacial score (nSPS) is 12.4. The highest BCUT2D eigenvalue weighted by atomic mass is 35.5. The lowest BCUT2D eigenvalue weighted by molar-refractivity contribution is -0.124. The first-order valence-corrected chi connectivity index (χ1v) is 8.29. The van der Waals surface area contributed by atoms with Gasteiger partial charge in [-0.2, -0.15) is 0 Å². The molecule has 26 heavy (non-hydrogen) atoms. The maximum Gasteiger partial charge on any atom is 0.224 e.